The van der Waals surface area contributed by atoms with Crippen LogP contribution in [0.5, 0.6) is 0 Å². The Morgan fingerprint density at radius 3 is 2.71 bits per heavy atom. The molecule has 3 N–H and O–H groups in total. The van der Waals surface area contributed by atoms with Gasteiger partial charge in [-0.25, -0.2) is 0 Å². The predicted octanol–water partition coefficient (Wildman–Crippen LogP) is 1.03. The standard InChI is InChI=1S/C11H20N2O/c1-4-5-6-9-13-10(14)7-8-11(2,3)12/h1H,5-9,12H2,2-3H3,(H,13,14). The summed E-state index contributed by atoms with van der Waals surface area (Å²) in [4.78, 5) is 11.2. The van der Waals surface area contributed by atoms with Crippen molar-refractivity contribution in [2.45, 2.75) is 45.1 Å². The summed E-state index contributed by atoms with van der Waals surface area (Å²) in [6.07, 6.45) is 7.82. The second kappa shape index (κ2) is 6.44. The quantitative estimate of drug-likeness (QED) is 0.492. The number of unbranched alkanes of at least 4 members (excludes halogenated alkanes) is 1. The van der Waals surface area contributed by atoms with Crippen molar-refractivity contribution in [3.8, 4) is 12.3 Å². The molecule has 14 heavy (non-hydrogen) atoms. The number of hydrogen-bond acceptors (Lipinski definition) is 2. The fourth-order valence-corrected chi connectivity index (χ4v) is 0.942. The molecule has 0 aliphatic heterocycles. The molecule has 0 aliphatic rings. The first kappa shape index (κ1) is 13.0. The molecule has 0 fully saturated rings. The van der Waals surface area contributed by atoms with Gasteiger partial charge in [0.1, 0.15) is 0 Å². The van der Waals surface area contributed by atoms with E-state index in [0.717, 1.165) is 6.42 Å². The van der Waals surface area contributed by atoms with Gasteiger partial charge in [-0.3, -0.25) is 4.79 Å². The van der Waals surface area contributed by atoms with Gasteiger partial charge >= 0.3 is 0 Å². The van der Waals surface area contributed by atoms with E-state index in [1.54, 1.807) is 0 Å². The zero-order valence-electron chi connectivity index (χ0n) is 9.10. The highest BCUT2D eigenvalue weighted by Gasteiger charge is 2.12. The highest BCUT2D eigenvalue weighted by atomic mass is 16.1. The third kappa shape index (κ3) is 9.08. The Balaban J connectivity index is 3.43. The first-order valence-corrected chi connectivity index (χ1v) is 4.95. The van der Waals surface area contributed by atoms with Gasteiger partial charge in [0, 0.05) is 24.9 Å². The van der Waals surface area contributed by atoms with E-state index in [4.69, 9.17) is 12.2 Å². The highest BCUT2D eigenvalue weighted by molar-refractivity contribution is 5.75. The smallest absolute Gasteiger partial charge is 0.220 e. The molecule has 0 bridgehead atoms. The molecule has 0 saturated carbocycles. The van der Waals surface area contributed by atoms with Crippen LogP contribution in [-0.2, 0) is 4.79 Å². The molecule has 0 atom stereocenters. The van der Waals surface area contributed by atoms with Gasteiger partial charge in [-0.1, -0.05) is 0 Å². The molecule has 0 aromatic carbocycles. The number of carbonyl (C=O) groups excluding carboxylic acids is 1. The van der Waals surface area contributed by atoms with Gasteiger partial charge in [-0.2, -0.15) is 0 Å². The minimum atomic E-state index is -0.268. The number of rotatable bonds is 6. The van der Waals surface area contributed by atoms with Crippen LogP contribution in [0.4, 0.5) is 0 Å². The van der Waals surface area contributed by atoms with Crippen LogP contribution in [-0.4, -0.2) is 18.0 Å². The summed E-state index contributed by atoms with van der Waals surface area (Å²) >= 11 is 0. The molecule has 0 aromatic heterocycles. The van der Waals surface area contributed by atoms with Gasteiger partial charge in [-0.05, 0) is 26.7 Å². The average Bonchev–Trinajstić information content (AvgIpc) is 2.08. The van der Waals surface area contributed by atoms with Crippen LogP contribution in [0, 0.1) is 12.3 Å². The topological polar surface area (TPSA) is 55.1 Å². The van der Waals surface area contributed by atoms with Gasteiger partial charge in [0.2, 0.25) is 5.91 Å². The summed E-state index contributed by atoms with van der Waals surface area (Å²) < 4.78 is 0. The molecule has 0 saturated heterocycles. The van der Waals surface area contributed by atoms with Crippen LogP contribution in [0.1, 0.15) is 39.5 Å². The number of terminal acetylenes is 1. The van der Waals surface area contributed by atoms with Crippen molar-refractivity contribution in [1.82, 2.24) is 5.32 Å². The molecule has 0 radical (unpaired) electrons. The van der Waals surface area contributed by atoms with Gasteiger partial charge < -0.3 is 11.1 Å². The first-order chi connectivity index (χ1) is 6.45. The Morgan fingerprint density at radius 1 is 1.57 bits per heavy atom. The van der Waals surface area contributed by atoms with Crippen LogP contribution < -0.4 is 11.1 Å². The number of carbonyl (C=O) groups is 1. The maximum absolute atomic E-state index is 11.2. The SMILES string of the molecule is C#CCCCNC(=O)CCC(C)(C)N. The first-order valence-electron chi connectivity index (χ1n) is 4.95. The average molecular weight is 196 g/mol. The van der Waals surface area contributed by atoms with Crippen LogP contribution in [0.2, 0.25) is 0 Å². The van der Waals surface area contributed by atoms with E-state index >= 15 is 0 Å². The lowest BCUT2D eigenvalue weighted by atomic mass is 10.00. The van der Waals surface area contributed by atoms with E-state index in [9.17, 15) is 4.79 Å². The van der Waals surface area contributed by atoms with Crippen molar-refractivity contribution >= 4 is 5.91 Å². The van der Waals surface area contributed by atoms with E-state index in [-0.39, 0.29) is 11.4 Å². The van der Waals surface area contributed by atoms with Crippen LogP contribution in [0.25, 0.3) is 0 Å². The van der Waals surface area contributed by atoms with E-state index in [1.807, 2.05) is 13.8 Å². The second-order valence-corrected chi connectivity index (χ2v) is 4.15. The lowest BCUT2D eigenvalue weighted by Crippen LogP contribution is -2.34. The predicted molar refractivity (Wildman–Crippen MR) is 58.6 cm³/mol. The van der Waals surface area contributed by atoms with Crippen molar-refractivity contribution < 1.29 is 4.79 Å². The number of nitrogens with one attached hydrogen (secondary N) is 1. The van der Waals surface area contributed by atoms with Crippen molar-refractivity contribution in [1.29, 1.82) is 0 Å². The molecule has 3 heteroatoms. The minimum Gasteiger partial charge on any atom is -0.356 e. The molecular formula is C11H20N2O. The lowest BCUT2D eigenvalue weighted by Gasteiger charge is -2.17. The summed E-state index contributed by atoms with van der Waals surface area (Å²) in [6.45, 7) is 4.49. The van der Waals surface area contributed by atoms with Crippen molar-refractivity contribution in [3.05, 3.63) is 0 Å². The van der Waals surface area contributed by atoms with Gasteiger partial charge in [-0.15, -0.1) is 12.3 Å². The maximum atomic E-state index is 11.2. The van der Waals surface area contributed by atoms with E-state index in [2.05, 4.69) is 11.2 Å². The summed E-state index contributed by atoms with van der Waals surface area (Å²) in [7, 11) is 0. The van der Waals surface area contributed by atoms with Gasteiger partial charge in [0.15, 0.2) is 0 Å². The summed E-state index contributed by atoms with van der Waals surface area (Å²) in [5.41, 5.74) is 5.49. The lowest BCUT2D eigenvalue weighted by molar-refractivity contribution is -0.121. The van der Waals surface area contributed by atoms with Crippen molar-refractivity contribution in [2.75, 3.05) is 6.54 Å². The molecule has 0 spiro atoms. The zero-order valence-corrected chi connectivity index (χ0v) is 9.10. The molecule has 0 aromatic rings. The monoisotopic (exact) mass is 196 g/mol. The highest BCUT2D eigenvalue weighted by Crippen LogP contribution is 2.06. The Hall–Kier alpha value is -1.01. The molecular weight excluding hydrogens is 176 g/mol. The molecule has 0 aliphatic carbocycles. The number of hydrogen-bond donors (Lipinski definition) is 2. The second-order valence-electron chi connectivity index (χ2n) is 4.15. The fraction of sp³-hybridized carbons (Fsp3) is 0.727. The summed E-state index contributed by atoms with van der Waals surface area (Å²) in [5, 5.41) is 2.80. The number of amides is 1. The Kier molecular flexibility index (Phi) is 5.98. The van der Waals surface area contributed by atoms with Crippen molar-refractivity contribution in [3.63, 3.8) is 0 Å². The molecule has 0 unspecified atom stereocenters. The zero-order chi connectivity index (χ0) is 11.0. The normalized spacial score (nSPS) is 10.7. The Morgan fingerprint density at radius 2 is 2.21 bits per heavy atom. The van der Waals surface area contributed by atoms with Crippen LogP contribution in [0.15, 0.2) is 0 Å². The third-order valence-corrected chi connectivity index (χ3v) is 1.82. The minimum absolute atomic E-state index is 0.0561. The fourth-order valence-electron chi connectivity index (χ4n) is 0.942. The molecule has 3 nitrogen and oxygen atoms in total. The van der Waals surface area contributed by atoms with Gasteiger partial charge in [0.25, 0.3) is 0 Å². The van der Waals surface area contributed by atoms with Crippen molar-refractivity contribution in [2.24, 2.45) is 5.73 Å². The largest absolute Gasteiger partial charge is 0.356 e. The van der Waals surface area contributed by atoms with E-state index in [1.165, 1.54) is 0 Å². The molecule has 0 heterocycles. The van der Waals surface area contributed by atoms with Crippen LogP contribution in [0.3, 0.4) is 0 Å². The van der Waals surface area contributed by atoms with E-state index in [0.29, 0.717) is 25.8 Å². The number of nitrogens with two attached hydrogens (primary N) is 1. The Bertz CT molecular complexity index is 210. The molecule has 0 rings (SSSR count). The van der Waals surface area contributed by atoms with E-state index < -0.39 is 0 Å². The Labute approximate surface area is 86.4 Å². The summed E-state index contributed by atoms with van der Waals surface area (Å²) in [6, 6.07) is 0. The maximum Gasteiger partial charge on any atom is 0.220 e. The molecule has 1 amide bonds. The van der Waals surface area contributed by atoms with Gasteiger partial charge in [0.05, 0.1) is 0 Å². The third-order valence-electron chi connectivity index (χ3n) is 1.82. The molecule has 80 valence electrons. The van der Waals surface area contributed by atoms with Crippen LogP contribution >= 0.6 is 0 Å². The summed E-state index contributed by atoms with van der Waals surface area (Å²) in [5.74, 6) is 2.58.